The van der Waals surface area contributed by atoms with Gasteiger partial charge in [-0.25, -0.2) is 12.7 Å². The number of benzene rings is 1. The van der Waals surface area contributed by atoms with Crippen molar-refractivity contribution < 1.29 is 13.5 Å². The second-order valence-corrected chi connectivity index (χ2v) is 9.44. The molecule has 2 fully saturated rings. The molecular formula is C15H21Cl2N3O3S. The molecule has 9 heteroatoms. The van der Waals surface area contributed by atoms with Crippen molar-refractivity contribution in [3.8, 4) is 5.75 Å². The number of sulfonamides is 1. The van der Waals surface area contributed by atoms with E-state index < -0.39 is 16.1 Å². The SMILES string of the molecule is NC(c1cc(Cl)c(Cl)cc1O)C1CCN(S(=O)(=O)C2CNC2)CC1. The quantitative estimate of drug-likeness (QED) is 0.723. The lowest BCUT2D eigenvalue weighted by atomic mass is 9.86. The Labute approximate surface area is 152 Å². The first-order valence-electron chi connectivity index (χ1n) is 7.94. The number of phenols is 1. The normalized spacial score (nSPS) is 22.3. The Kier molecular flexibility index (Phi) is 5.30. The second kappa shape index (κ2) is 6.97. The van der Waals surface area contributed by atoms with Crippen molar-refractivity contribution in [3.05, 3.63) is 27.7 Å². The minimum absolute atomic E-state index is 0.0208. The molecule has 24 heavy (non-hydrogen) atoms. The van der Waals surface area contributed by atoms with Gasteiger partial charge in [-0.1, -0.05) is 23.2 Å². The van der Waals surface area contributed by atoms with Crippen LogP contribution in [-0.4, -0.2) is 49.3 Å². The molecule has 0 spiro atoms. The molecule has 6 nitrogen and oxygen atoms in total. The maximum absolute atomic E-state index is 12.4. The fraction of sp³-hybridized carbons (Fsp3) is 0.600. The number of phenolic OH excluding ortho intramolecular Hbond substituents is 1. The van der Waals surface area contributed by atoms with Crippen LogP contribution in [0.2, 0.25) is 10.0 Å². The predicted octanol–water partition coefficient (Wildman–Crippen LogP) is 1.71. The van der Waals surface area contributed by atoms with Crippen LogP contribution in [0.3, 0.4) is 0 Å². The monoisotopic (exact) mass is 393 g/mol. The van der Waals surface area contributed by atoms with Crippen LogP contribution in [-0.2, 0) is 10.0 Å². The molecule has 2 saturated heterocycles. The predicted molar refractivity (Wildman–Crippen MR) is 94.9 cm³/mol. The zero-order chi connectivity index (χ0) is 17.5. The molecule has 1 atom stereocenters. The highest BCUT2D eigenvalue weighted by atomic mass is 35.5. The minimum Gasteiger partial charge on any atom is -0.508 e. The molecule has 0 aliphatic carbocycles. The van der Waals surface area contributed by atoms with Crippen molar-refractivity contribution in [1.29, 1.82) is 0 Å². The molecule has 0 aromatic heterocycles. The minimum atomic E-state index is -3.22. The summed E-state index contributed by atoms with van der Waals surface area (Å²) in [5.41, 5.74) is 6.85. The molecule has 0 saturated carbocycles. The average Bonchev–Trinajstić information content (AvgIpc) is 2.48. The Balaban J connectivity index is 1.67. The first-order chi connectivity index (χ1) is 11.3. The number of rotatable bonds is 4. The van der Waals surface area contributed by atoms with E-state index in [0.717, 1.165) is 0 Å². The molecule has 2 aliphatic heterocycles. The summed E-state index contributed by atoms with van der Waals surface area (Å²) in [6.07, 6.45) is 1.31. The van der Waals surface area contributed by atoms with Crippen LogP contribution in [0, 0.1) is 5.92 Å². The van der Waals surface area contributed by atoms with E-state index >= 15 is 0 Å². The zero-order valence-electron chi connectivity index (χ0n) is 13.1. The Morgan fingerprint density at radius 2 is 1.79 bits per heavy atom. The van der Waals surface area contributed by atoms with Gasteiger partial charge in [0.2, 0.25) is 10.0 Å². The number of hydrogen-bond acceptors (Lipinski definition) is 5. The van der Waals surface area contributed by atoms with Gasteiger partial charge in [-0.05, 0) is 24.8 Å². The van der Waals surface area contributed by atoms with Crippen LogP contribution in [0.15, 0.2) is 12.1 Å². The number of halogens is 2. The van der Waals surface area contributed by atoms with E-state index in [-0.39, 0.29) is 21.9 Å². The molecule has 134 valence electrons. The third kappa shape index (κ3) is 3.38. The largest absolute Gasteiger partial charge is 0.508 e. The van der Waals surface area contributed by atoms with Gasteiger partial charge < -0.3 is 16.2 Å². The third-order valence-corrected chi connectivity index (χ3v) is 7.94. The highest BCUT2D eigenvalue weighted by Gasteiger charge is 2.38. The molecule has 3 rings (SSSR count). The van der Waals surface area contributed by atoms with Crippen molar-refractivity contribution in [2.75, 3.05) is 26.2 Å². The van der Waals surface area contributed by atoms with Crippen LogP contribution in [0.5, 0.6) is 5.75 Å². The first kappa shape index (κ1) is 18.2. The van der Waals surface area contributed by atoms with Crippen molar-refractivity contribution in [1.82, 2.24) is 9.62 Å². The molecule has 0 radical (unpaired) electrons. The van der Waals surface area contributed by atoms with Gasteiger partial charge >= 0.3 is 0 Å². The lowest BCUT2D eigenvalue weighted by Crippen LogP contribution is -2.57. The summed E-state index contributed by atoms with van der Waals surface area (Å²) in [6.45, 7) is 1.97. The van der Waals surface area contributed by atoms with Gasteiger partial charge in [0, 0.05) is 43.9 Å². The van der Waals surface area contributed by atoms with Gasteiger partial charge in [0.25, 0.3) is 0 Å². The Bertz CT molecular complexity index is 717. The standard InChI is InChI=1S/C15H21Cl2N3O3S/c16-12-5-11(14(21)6-13(12)17)15(18)9-1-3-20(4-2-9)24(22,23)10-7-19-8-10/h5-6,9-10,15,19,21H,1-4,7-8,18H2. The highest BCUT2D eigenvalue weighted by Crippen LogP contribution is 2.38. The van der Waals surface area contributed by atoms with E-state index in [2.05, 4.69) is 5.32 Å². The number of aromatic hydroxyl groups is 1. The van der Waals surface area contributed by atoms with Crippen LogP contribution in [0.25, 0.3) is 0 Å². The summed E-state index contributed by atoms with van der Waals surface area (Å²) in [5, 5.41) is 13.4. The molecule has 1 aromatic rings. The maximum atomic E-state index is 12.4. The van der Waals surface area contributed by atoms with Gasteiger partial charge in [-0.15, -0.1) is 0 Å². The van der Waals surface area contributed by atoms with Gasteiger partial charge in [0.05, 0.1) is 10.0 Å². The number of nitrogens with two attached hydrogens (primary N) is 1. The molecule has 0 bridgehead atoms. The maximum Gasteiger partial charge on any atom is 0.219 e. The summed E-state index contributed by atoms with van der Waals surface area (Å²) in [4.78, 5) is 0. The summed E-state index contributed by atoms with van der Waals surface area (Å²) >= 11 is 11.9. The van der Waals surface area contributed by atoms with Gasteiger partial charge in [0.15, 0.2) is 0 Å². The first-order valence-corrected chi connectivity index (χ1v) is 10.2. The zero-order valence-corrected chi connectivity index (χ0v) is 15.4. The summed E-state index contributed by atoms with van der Waals surface area (Å²) in [7, 11) is -3.22. The van der Waals surface area contributed by atoms with E-state index in [9.17, 15) is 13.5 Å². The van der Waals surface area contributed by atoms with Crippen LogP contribution >= 0.6 is 23.2 Å². The molecule has 0 amide bonds. The Hall–Kier alpha value is -0.570. The fourth-order valence-corrected chi connectivity index (χ4v) is 5.37. The summed E-state index contributed by atoms with van der Waals surface area (Å²) in [6, 6.07) is 2.57. The molecule has 1 aromatic carbocycles. The number of nitrogens with zero attached hydrogens (tertiary/aromatic N) is 1. The molecule has 4 N–H and O–H groups in total. The topological polar surface area (TPSA) is 95.7 Å². The fourth-order valence-electron chi connectivity index (χ4n) is 3.25. The Morgan fingerprint density at radius 1 is 1.21 bits per heavy atom. The summed E-state index contributed by atoms with van der Waals surface area (Å²) in [5.74, 6) is 0.103. The van der Waals surface area contributed by atoms with Crippen LogP contribution in [0.1, 0.15) is 24.4 Å². The number of hydrogen-bond donors (Lipinski definition) is 3. The third-order valence-electron chi connectivity index (χ3n) is 4.96. The highest BCUT2D eigenvalue weighted by molar-refractivity contribution is 7.89. The van der Waals surface area contributed by atoms with Gasteiger partial charge in [-0.3, -0.25) is 0 Å². The van der Waals surface area contributed by atoms with E-state index in [1.165, 1.54) is 6.07 Å². The van der Waals surface area contributed by atoms with Crippen molar-refractivity contribution in [2.45, 2.75) is 24.1 Å². The molecule has 2 aliphatic rings. The number of nitrogens with one attached hydrogen (secondary N) is 1. The van der Waals surface area contributed by atoms with Crippen molar-refractivity contribution in [3.63, 3.8) is 0 Å². The molecule has 2 heterocycles. The second-order valence-electron chi connectivity index (χ2n) is 6.41. The molecular weight excluding hydrogens is 373 g/mol. The van der Waals surface area contributed by atoms with E-state index in [0.29, 0.717) is 49.6 Å². The van der Waals surface area contributed by atoms with E-state index in [1.54, 1.807) is 10.4 Å². The van der Waals surface area contributed by atoms with Gasteiger partial charge in [-0.2, -0.15) is 0 Å². The average molecular weight is 394 g/mol. The van der Waals surface area contributed by atoms with Crippen LogP contribution < -0.4 is 11.1 Å². The van der Waals surface area contributed by atoms with Crippen molar-refractivity contribution >= 4 is 33.2 Å². The van der Waals surface area contributed by atoms with E-state index in [4.69, 9.17) is 28.9 Å². The van der Waals surface area contributed by atoms with Gasteiger partial charge in [0.1, 0.15) is 11.0 Å². The van der Waals surface area contributed by atoms with E-state index in [1.807, 2.05) is 0 Å². The summed E-state index contributed by atoms with van der Waals surface area (Å²) < 4.78 is 26.4. The van der Waals surface area contributed by atoms with Crippen LogP contribution in [0.4, 0.5) is 0 Å². The lowest BCUT2D eigenvalue weighted by molar-refractivity contribution is 0.239. The molecule has 1 unspecified atom stereocenters. The lowest BCUT2D eigenvalue weighted by Gasteiger charge is -2.38. The Morgan fingerprint density at radius 3 is 2.33 bits per heavy atom. The smallest absolute Gasteiger partial charge is 0.219 e. The van der Waals surface area contributed by atoms with Crippen molar-refractivity contribution in [2.24, 2.45) is 11.7 Å². The number of piperidine rings is 1.